The zero-order valence-corrected chi connectivity index (χ0v) is 20.1. The molecule has 1 amide bonds. The van der Waals surface area contributed by atoms with Gasteiger partial charge in [-0.15, -0.1) is 0 Å². The number of thiophene rings is 1. The number of nitrogens with zero attached hydrogens (tertiary/aromatic N) is 4. The van der Waals surface area contributed by atoms with Gasteiger partial charge in [0, 0.05) is 56.6 Å². The maximum absolute atomic E-state index is 13.5. The average Bonchev–Trinajstić information content (AvgIpc) is 3.33. The molecular weight excluding hydrogens is 436 g/mol. The first-order valence-electron chi connectivity index (χ1n) is 11.2. The molecule has 4 rings (SSSR count). The molecule has 174 valence electrons. The number of aromatic nitrogens is 2. The molecule has 1 atom stereocenters. The number of carbonyl (C=O) groups excluding carboxylic acids is 1. The van der Waals surface area contributed by atoms with Crippen LogP contribution in [0, 0.1) is 0 Å². The van der Waals surface area contributed by atoms with Gasteiger partial charge in [0.25, 0.3) is 5.91 Å². The summed E-state index contributed by atoms with van der Waals surface area (Å²) in [6.45, 7) is 4.76. The predicted octanol–water partition coefficient (Wildman–Crippen LogP) is 3.80. The van der Waals surface area contributed by atoms with Crippen LogP contribution in [-0.4, -0.2) is 56.1 Å². The Hall–Kier alpha value is -3.17. The zero-order chi connectivity index (χ0) is 23.2. The minimum atomic E-state index is -0.112. The molecule has 33 heavy (non-hydrogen) atoms. The van der Waals surface area contributed by atoms with Gasteiger partial charge < -0.3 is 25.2 Å². The number of fused-ring (bicyclic) bond motifs is 1. The van der Waals surface area contributed by atoms with Gasteiger partial charge in [-0.2, -0.15) is 16.3 Å². The SMILES string of the molecule is CCNc1ncc2c(n1)N(C)CCN(c1cccc(OC(CCNC)c3ccsc3)c1)C2=O. The molecular formula is C24H30N6O2S. The molecule has 3 heterocycles. The van der Waals surface area contributed by atoms with E-state index in [1.165, 1.54) is 0 Å². The fourth-order valence-corrected chi connectivity index (χ4v) is 4.53. The third-order valence-corrected chi connectivity index (χ3v) is 6.28. The van der Waals surface area contributed by atoms with Gasteiger partial charge >= 0.3 is 0 Å². The highest BCUT2D eigenvalue weighted by molar-refractivity contribution is 7.07. The second kappa shape index (κ2) is 10.6. The van der Waals surface area contributed by atoms with E-state index in [-0.39, 0.29) is 12.0 Å². The largest absolute Gasteiger partial charge is 0.486 e. The summed E-state index contributed by atoms with van der Waals surface area (Å²) in [5.74, 6) is 1.80. The van der Waals surface area contributed by atoms with E-state index in [1.54, 1.807) is 22.4 Å². The van der Waals surface area contributed by atoms with Gasteiger partial charge in [-0.1, -0.05) is 6.07 Å². The van der Waals surface area contributed by atoms with Gasteiger partial charge in [0.15, 0.2) is 0 Å². The second-order valence-electron chi connectivity index (χ2n) is 7.89. The predicted molar refractivity (Wildman–Crippen MR) is 134 cm³/mol. The van der Waals surface area contributed by atoms with Crippen molar-refractivity contribution in [2.75, 3.05) is 55.4 Å². The van der Waals surface area contributed by atoms with Gasteiger partial charge in [-0.3, -0.25) is 4.79 Å². The van der Waals surface area contributed by atoms with Gasteiger partial charge in [0.1, 0.15) is 23.2 Å². The van der Waals surface area contributed by atoms with E-state index in [4.69, 9.17) is 4.74 Å². The number of amides is 1. The molecule has 1 aromatic carbocycles. The van der Waals surface area contributed by atoms with Crippen molar-refractivity contribution in [1.82, 2.24) is 15.3 Å². The summed E-state index contributed by atoms with van der Waals surface area (Å²) in [7, 11) is 3.89. The molecule has 9 heteroatoms. The van der Waals surface area contributed by atoms with E-state index < -0.39 is 0 Å². The lowest BCUT2D eigenvalue weighted by Gasteiger charge is -2.23. The van der Waals surface area contributed by atoms with Crippen molar-refractivity contribution in [1.29, 1.82) is 0 Å². The number of anilines is 3. The van der Waals surface area contributed by atoms with Crippen LogP contribution in [0.25, 0.3) is 0 Å². The Kier molecular flexibility index (Phi) is 7.41. The van der Waals surface area contributed by atoms with Gasteiger partial charge in [0.05, 0.1) is 0 Å². The van der Waals surface area contributed by atoms with Crippen LogP contribution in [0.3, 0.4) is 0 Å². The van der Waals surface area contributed by atoms with Gasteiger partial charge in [-0.05, 0) is 49.5 Å². The number of hydrogen-bond acceptors (Lipinski definition) is 8. The molecule has 0 bridgehead atoms. The Morgan fingerprint density at radius 1 is 1.27 bits per heavy atom. The summed E-state index contributed by atoms with van der Waals surface area (Å²) in [5, 5.41) is 10.5. The lowest BCUT2D eigenvalue weighted by atomic mass is 10.1. The van der Waals surface area contributed by atoms with E-state index in [1.807, 2.05) is 50.2 Å². The van der Waals surface area contributed by atoms with E-state index in [0.29, 0.717) is 30.4 Å². The van der Waals surface area contributed by atoms with E-state index in [9.17, 15) is 4.79 Å². The molecule has 1 unspecified atom stereocenters. The van der Waals surface area contributed by atoms with Gasteiger partial charge in [0.2, 0.25) is 5.95 Å². The van der Waals surface area contributed by atoms with E-state index >= 15 is 0 Å². The minimum absolute atomic E-state index is 0.0523. The summed E-state index contributed by atoms with van der Waals surface area (Å²) in [6.07, 6.45) is 2.41. The molecule has 2 N–H and O–H groups in total. The van der Waals surface area contributed by atoms with Crippen LogP contribution in [0.5, 0.6) is 5.75 Å². The summed E-state index contributed by atoms with van der Waals surface area (Å²) in [4.78, 5) is 26.1. The Labute approximate surface area is 198 Å². The zero-order valence-electron chi connectivity index (χ0n) is 19.2. The molecule has 0 fully saturated rings. The number of ether oxygens (including phenoxy) is 1. The minimum Gasteiger partial charge on any atom is -0.486 e. The molecule has 3 aromatic rings. The molecule has 8 nitrogen and oxygen atoms in total. The molecule has 0 spiro atoms. The number of hydrogen-bond donors (Lipinski definition) is 2. The monoisotopic (exact) mass is 466 g/mol. The molecule has 0 saturated carbocycles. The number of nitrogens with one attached hydrogen (secondary N) is 2. The van der Waals surface area contributed by atoms with Crippen molar-refractivity contribution >= 4 is 34.7 Å². The summed E-state index contributed by atoms with van der Waals surface area (Å²) >= 11 is 1.66. The Bertz CT molecular complexity index is 1070. The highest BCUT2D eigenvalue weighted by Crippen LogP contribution is 2.31. The normalized spacial score (nSPS) is 14.6. The summed E-state index contributed by atoms with van der Waals surface area (Å²) in [6, 6.07) is 9.85. The lowest BCUT2D eigenvalue weighted by molar-refractivity contribution is 0.0989. The van der Waals surface area contributed by atoms with Crippen LogP contribution in [-0.2, 0) is 0 Å². The Morgan fingerprint density at radius 3 is 2.91 bits per heavy atom. The van der Waals surface area contributed by atoms with Crippen LogP contribution in [0.15, 0.2) is 47.3 Å². The molecule has 0 saturated heterocycles. The van der Waals surface area contributed by atoms with Crippen LogP contribution in [0.1, 0.15) is 35.4 Å². The van der Waals surface area contributed by atoms with Crippen LogP contribution < -0.4 is 25.2 Å². The van der Waals surface area contributed by atoms with Gasteiger partial charge in [-0.25, -0.2) is 4.98 Å². The van der Waals surface area contributed by atoms with Crippen molar-refractivity contribution in [3.05, 3.63) is 58.4 Å². The highest BCUT2D eigenvalue weighted by Gasteiger charge is 2.28. The topological polar surface area (TPSA) is 82.6 Å². The van der Waals surface area contributed by atoms with Crippen molar-refractivity contribution in [3.8, 4) is 5.75 Å². The van der Waals surface area contributed by atoms with Crippen LogP contribution >= 0.6 is 11.3 Å². The fourth-order valence-electron chi connectivity index (χ4n) is 3.82. The van der Waals surface area contributed by atoms with E-state index in [0.717, 1.165) is 36.5 Å². The number of rotatable bonds is 9. The lowest BCUT2D eigenvalue weighted by Crippen LogP contribution is -2.33. The molecule has 0 radical (unpaired) electrons. The van der Waals surface area contributed by atoms with Crippen molar-refractivity contribution < 1.29 is 9.53 Å². The second-order valence-corrected chi connectivity index (χ2v) is 8.67. The molecule has 0 aliphatic carbocycles. The van der Waals surface area contributed by atoms with Crippen molar-refractivity contribution in [2.24, 2.45) is 0 Å². The number of carbonyl (C=O) groups is 1. The van der Waals surface area contributed by atoms with Crippen LogP contribution in [0.2, 0.25) is 0 Å². The maximum atomic E-state index is 13.5. The Morgan fingerprint density at radius 2 is 2.15 bits per heavy atom. The Balaban J connectivity index is 1.59. The third kappa shape index (κ3) is 5.26. The summed E-state index contributed by atoms with van der Waals surface area (Å²) < 4.78 is 6.38. The average molecular weight is 467 g/mol. The van der Waals surface area contributed by atoms with Crippen molar-refractivity contribution in [3.63, 3.8) is 0 Å². The fraction of sp³-hybridized carbons (Fsp3) is 0.375. The first-order chi connectivity index (χ1) is 16.1. The van der Waals surface area contributed by atoms with Crippen LogP contribution in [0.4, 0.5) is 17.5 Å². The maximum Gasteiger partial charge on any atom is 0.263 e. The molecule has 2 aromatic heterocycles. The molecule has 1 aliphatic rings. The third-order valence-electron chi connectivity index (χ3n) is 5.58. The number of likely N-dealkylation sites (N-methyl/N-ethyl adjacent to an activating group) is 1. The first kappa shape index (κ1) is 23.0. The summed E-state index contributed by atoms with van der Waals surface area (Å²) in [5.41, 5.74) is 2.45. The van der Waals surface area contributed by atoms with E-state index in [2.05, 4.69) is 37.4 Å². The molecule has 1 aliphatic heterocycles. The number of benzene rings is 1. The first-order valence-corrected chi connectivity index (χ1v) is 12.1. The standard InChI is InChI=1S/C24H30N6O2S/c1-4-26-24-27-15-20-22(28-24)29(3)11-12-30(23(20)31)18-6-5-7-19(14-18)32-21(8-10-25-2)17-9-13-33-16-17/h5-7,9,13-16,21,25H,4,8,10-12H2,1-3H3,(H,26,27,28). The smallest absolute Gasteiger partial charge is 0.263 e. The highest BCUT2D eigenvalue weighted by atomic mass is 32.1. The van der Waals surface area contributed by atoms with Crippen molar-refractivity contribution in [2.45, 2.75) is 19.4 Å². The quantitative estimate of drug-likeness (QED) is 0.496.